The van der Waals surface area contributed by atoms with Gasteiger partial charge in [0.15, 0.2) is 6.04 Å². The van der Waals surface area contributed by atoms with E-state index in [2.05, 4.69) is 10.2 Å². The van der Waals surface area contributed by atoms with Crippen LogP contribution < -0.4 is 4.90 Å². The molecule has 2 atom stereocenters. The lowest BCUT2D eigenvalue weighted by Crippen LogP contribution is -2.32. The van der Waals surface area contributed by atoms with Crippen molar-refractivity contribution >= 4 is 17.5 Å². The zero-order chi connectivity index (χ0) is 12.0. The van der Waals surface area contributed by atoms with Crippen molar-refractivity contribution in [2.24, 2.45) is 16.1 Å². The highest BCUT2D eigenvalue weighted by atomic mass is 19.1. The van der Waals surface area contributed by atoms with Crippen LogP contribution >= 0.6 is 0 Å². The Bertz CT molecular complexity index is 543. The lowest BCUT2D eigenvalue weighted by molar-refractivity contribution is -0.122. The number of nitrogens with zero attached hydrogens (tertiary/aromatic N) is 3. The maximum atomic E-state index is 13.6. The van der Waals surface area contributed by atoms with Crippen molar-refractivity contribution in [2.45, 2.75) is 6.04 Å². The quantitative estimate of drug-likeness (QED) is 0.683. The Morgan fingerprint density at radius 1 is 1.24 bits per heavy atom. The van der Waals surface area contributed by atoms with Gasteiger partial charge in [0, 0.05) is 0 Å². The smallest absolute Gasteiger partial charge is 0.261 e. The molecule has 1 fully saturated rings. The summed E-state index contributed by atoms with van der Waals surface area (Å²) in [4.78, 5) is 24.8. The van der Waals surface area contributed by atoms with Crippen LogP contribution in [0.1, 0.15) is 0 Å². The third-order valence-electron chi connectivity index (χ3n) is 2.97. The number of imide groups is 1. The van der Waals surface area contributed by atoms with Crippen LogP contribution in [0.15, 0.2) is 34.5 Å². The summed E-state index contributed by atoms with van der Waals surface area (Å²) in [7, 11) is 0. The summed E-state index contributed by atoms with van der Waals surface area (Å²) < 4.78 is 13.6. The van der Waals surface area contributed by atoms with Crippen LogP contribution in [0.3, 0.4) is 0 Å². The fourth-order valence-electron chi connectivity index (χ4n) is 2.12. The fraction of sp³-hybridized carbons (Fsp3) is 0.273. The molecular weight excluding hydrogens is 225 g/mol. The number of hydrogen-bond acceptors (Lipinski definition) is 4. The minimum atomic E-state index is -0.762. The monoisotopic (exact) mass is 233 g/mol. The van der Waals surface area contributed by atoms with E-state index < -0.39 is 29.6 Å². The first-order valence-electron chi connectivity index (χ1n) is 5.19. The van der Waals surface area contributed by atoms with E-state index in [0.29, 0.717) is 0 Å². The molecule has 0 spiro atoms. The van der Waals surface area contributed by atoms with E-state index in [-0.39, 0.29) is 12.2 Å². The number of carbonyl (C=O) groups is 2. The van der Waals surface area contributed by atoms with Gasteiger partial charge in [-0.3, -0.25) is 9.59 Å². The van der Waals surface area contributed by atoms with Crippen LogP contribution in [-0.4, -0.2) is 24.4 Å². The predicted octanol–water partition coefficient (Wildman–Crippen LogP) is 1.15. The lowest BCUT2D eigenvalue weighted by atomic mass is 10.1. The minimum Gasteiger partial charge on any atom is -0.274 e. The first-order chi connectivity index (χ1) is 8.20. The van der Waals surface area contributed by atoms with Crippen molar-refractivity contribution in [3.05, 3.63) is 30.1 Å². The van der Waals surface area contributed by atoms with Gasteiger partial charge in [0.25, 0.3) is 5.91 Å². The molecule has 0 unspecified atom stereocenters. The molecule has 6 heteroatoms. The van der Waals surface area contributed by atoms with Crippen LogP contribution in [0.25, 0.3) is 0 Å². The maximum absolute atomic E-state index is 13.6. The molecule has 3 rings (SSSR count). The molecule has 1 aromatic rings. The van der Waals surface area contributed by atoms with E-state index in [4.69, 9.17) is 0 Å². The number of fused-ring (bicyclic) bond motifs is 1. The Morgan fingerprint density at radius 2 is 2.00 bits per heavy atom. The van der Waals surface area contributed by atoms with Crippen molar-refractivity contribution in [1.82, 2.24) is 0 Å². The lowest BCUT2D eigenvalue weighted by Gasteiger charge is -2.15. The molecule has 0 aromatic heterocycles. The standard InChI is InChI=1S/C11H8FN3O2/c12-7-3-1-2-4-8(7)15-10(16)6-5-13-14-9(6)11(15)17/h1-4,6,9H,5H2/t6-,9+/m1/s1. The fourth-order valence-corrected chi connectivity index (χ4v) is 2.12. The first kappa shape index (κ1) is 10.1. The van der Waals surface area contributed by atoms with Gasteiger partial charge >= 0.3 is 0 Å². The highest BCUT2D eigenvalue weighted by molar-refractivity contribution is 6.23. The summed E-state index contributed by atoms with van der Waals surface area (Å²) in [6, 6.07) is 4.94. The van der Waals surface area contributed by atoms with Gasteiger partial charge in [-0.15, -0.1) is 0 Å². The van der Waals surface area contributed by atoms with E-state index in [1.807, 2.05) is 0 Å². The second-order valence-corrected chi connectivity index (χ2v) is 3.95. The normalized spacial score (nSPS) is 26.8. The van der Waals surface area contributed by atoms with Gasteiger partial charge < -0.3 is 0 Å². The van der Waals surface area contributed by atoms with Crippen molar-refractivity contribution in [3.8, 4) is 0 Å². The van der Waals surface area contributed by atoms with Gasteiger partial charge in [0.2, 0.25) is 5.91 Å². The average Bonchev–Trinajstić information content (AvgIpc) is 2.87. The summed E-state index contributed by atoms with van der Waals surface area (Å²) >= 11 is 0. The van der Waals surface area contributed by atoms with Crippen LogP contribution in [0.4, 0.5) is 10.1 Å². The molecule has 2 aliphatic heterocycles. The number of anilines is 1. The van der Waals surface area contributed by atoms with Gasteiger partial charge in [-0.25, -0.2) is 9.29 Å². The SMILES string of the molecule is O=C1[C@H]2N=NC[C@H]2C(=O)N1c1ccccc1F. The van der Waals surface area contributed by atoms with Gasteiger partial charge in [0.1, 0.15) is 5.82 Å². The Kier molecular flexibility index (Phi) is 2.04. The van der Waals surface area contributed by atoms with Crippen molar-refractivity contribution in [2.75, 3.05) is 11.4 Å². The second kappa shape index (κ2) is 3.44. The molecule has 1 aromatic carbocycles. The second-order valence-electron chi connectivity index (χ2n) is 3.95. The van der Waals surface area contributed by atoms with E-state index in [1.54, 1.807) is 6.07 Å². The number of hydrogen-bond donors (Lipinski definition) is 0. The van der Waals surface area contributed by atoms with E-state index >= 15 is 0 Å². The van der Waals surface area contributed by atoms with Gasteiger partial charge in [-0.1, -0.05) is 12.1 Å². The number of carbonyl (C=O) groups excluding carboxylic acids is 2. The number of rotatable bonds is 1. The van der Waals surface area contributed by atoms with Gasteiger partial charge in [0.05, 0.1) is 18.2 Å². The molecule has 0 N–H and O–H groups in total. The van der Waals surface area contributed by atoms with Crippen molar-refractivity contribution in [1.29, 1.82) is 0 Å². The number of para-hydroxylation sites is 1. The Labute approximate surface area is 95.9 Å². The molecule has 5 nitrogen and oxygen atoms in total. The topological polar surface area (TPSA) is 62.1 Å². The number of halogens is 1. The van der Waals surface area contributed by atoms with Crippen LogP contribution in [0.5, 0.6) is 0 Å². The molecule has 0 bridgehead atoms. The van der Waals surface area contributed by atoms with Crippen molar-refractivity contribution < 1.29 is 14.0 Å². The van der Waals surface area contributed by atoms with Crippen LogP contribution in [0, 0.1) is 11.7 Å². The zero-order valence-corrected chi connectivity index (χ0v) is 8.71. The van der Waals surface area contributed by atoms with E-state index in [1.165, 1.54) is 18.2 Å². The molecule has 86 valence electrons. The summed E-state index contributed by atoms with van der Waals surface area (Å²) in [5.41, 5.74) is -0.00731. The number of azo groups is 1. The van der Waals surface area contributed by atoms with Crippen LogP contribution in [0.2, 0.25) is 0 Å². The summed E-state index contributed by atoms with van der Waals surface area (Å²) in [6.45, 7) is 0.209. The Balaban J connectivity index is 2.05. The first-order valence-corrected chi connectivity index (χ1v) is 5.19. The third-order valence-corrected chi connectivity index (χ3v) is 2.97. The summed E-state index contributed by atoms with van der Waals surface area (Å²) in [5.74, 6) is -2.06. The molecule has 2 amide bonds. The summed E-state index contributed by atoms with van der Waals surface area (Å²) in [6.07, 6.45) is 0. The number of benzene rings is 1. The largest absolute Gasteiger partial charge is 0.274 e. The zero-order valence-electron chi connectivity index (χ0n) is 8.71. The molecule has 17 heavy (non-hydrogen) atoms. The van der Waals surface area contributed by atoms with Gasteiger partial charge in [-0.2, -0.15) is 10.2 Å². The third kappa shape index (κ3) is 1.30. The van der Waals surface area contributed by atoms with Crippen molar-refractivity contribution in [3.63, 3.8) is 0 Å². The highest BCUT2D eigenvalue weighted by Gasteiger charge is 2.51. The predicted molar refractivity (Wildman–Crippen MR) is 55.9 cm³/mol. The molecule has 0 saturated carbocycles. The van der Waals surface area contributed by atoms with E-state index in [9.17, 15) is 14.0 Å². The number of amides is 2. The molecule has 1 saturated heterocycles. The molecule has 0 aliphatic carbocycles. The Hall–Kier alpha value is -2.11. The van der Waals surface area contributed by atoms with E-state index in [0.717, 1.165) is 4.90 Å². The van der Waals surface area contributed by atoms with Gasteiger partial charge in [-0.05, 0) is 12.1 Å². The maximum Gasteiger partial charge on any atom is 0.261 e. The molecule has 2 heterocycles. The minimum absolute atomic E-state index is 0.00731. The summed E-state index contributed by atoms with van der Waals surface area (Å²) in [5, 5.41) is 7.41. The highest BCUT2D eigenvalue weighted by Crippen LogP contribution is 2.33. The molecule has 0 radical (unpaired) electrons. The Morgan fingerprint density at radius 3 is 2.71 bits per heavy atom. The van der Waals surface area contributed by atoms with Crippen LogP contribution in [-0.2, 0) is 9.59 Å². The average molecular weight is 233 g/mol. The molecular formula is C11H8FN3O2. The molecule has 2 aliphatic rings.